The van der Waals surface area contributed by atoms with Crippen molar-refractivity contribution in [3.8, 4) is 0 Å². The highest BCUT2D eigenvalue weighted by molar-refractivity contribution is 9.10. The summed E-state index contributed by atoms with van der Waals surface area (Å²) in [5.74, 6) is -0.747. The average molecular weight is 408 g/mol. The van der Waals surface area contributed by atoms with Gasteiger partial charge < -0.3 is 9.64 Å². The maximum atomic E-state index is 12.1. The fraction of sp³-hybridized carbons (Fsp3) is 0.222. The minimum Gasteiger partial charge on any atom is -0.452 e. The monoisotopic (exact) mass is 407 g/mol. The van der Waals surface area contributed by atoms with Crippen molar-refractivity contribution in [3.05, 3.63) is 64.1 Å². The zero-order valence-corrected chi connectivity index (χ0v) is 15.9. The van der Waals surface area contributed by atoms with E-state index in [1.165, 1.54) is 4.90 Å². The number of benzene rings is 2. The van der Waals surface area contributed by atoms with Gasteiger partial charge in [0.15, 0.2) is 6.61 Å². The zero-order chi connectivity index (χ0) is 17.5. The molecule has 0 bridgehead atoms. The molecule has 4 nitrogen and oxygen atoms in total. The quantitative estimate of drug-likeness (QED) is 0.536. The van der Waals surface area contributed by atoms with Crippen LogP contribution in [0.5, 0.6) is 0 Å². The second-order valence-electron chi connectivity index (χ2n) is 5.18. The van der Waals surface area contributed by atoms with Crippen molar-refractivity contribution in [2.75, 3.05) is 19.9 Å². The number of hydrogen-bond donors (Lipinski definition) is 0. The summed E-state index contributed by atoms with van der Waals surface area (Å²) in [6, 6.07) is 14.8. The molecule has 0 saturated heterocycles. The Morgan fingerprint density at radius 3 is 2.29 bits per heavy atom. The predicted octanol–water partition coefficient (Wildman–Crippen LogP) is 3.99. The molecule has 0 heterocycles. The van der Waals surface area contributed by atoms with E-state index in [1.54, 1.807) is 48.0 Å². The lowest BCUT2D eigenvalue weighted by Gasteiger charge is -2.17. The Morgan fingerprint density at radius 2 is 1.71 bits per heavy atom. The second kappa shape index (κ2) is 8.89. The molecule has 0 N–H and O–H groups in total. The molecule has 0 aliphatic carbocycles. The molecule has 126 valence electrons. The molecule has 0 atom stereocenters. The predicted molar refractivity (Wildman–Crippen MR) is 99.1 cm³/mol. The van der Waals surface area contributed by atoms with E-state index >= 15 is 0 Å². The third-order valence-corrected chi connectivity index (χ3v) is 4.68. The Bertz CT molecular complexity index is 701. The van der Waals surface area contributed by atoms with Crippen molar-refractivity contribution in [2.45, 2.75) is 11.4 Å². The Hall–Kier alpha value is -1.79. The van der Waals surface area contributed by atoms with Crippen LogP contribution < -0.4 is 0 Å². The van der Waals surface area contributed by atoms with Crippen molar-refractivity contribution in [1.29, 1.82) is 0 Å². The van der Waals surface area contributed by atoms with Crippen LogP contribution in [0.2, 0.25) is 0 Å². The fourth-order valence-electron chi connectivity index (χ4n) is 2.00. The summed E-state index contributed by atoms with van der Waals surface area (Å²) in [6.07, 6.45) is 2.02. The number of halogens is 1. The number of carbonyl (C=O) groups excluding carboxylic acids is 2. The van der Waals surface area contributed by atoms with Crippen molar-refractivity contribution >= 4 is 39.6 Å². The van der Waals surface area contributed by atoms with Gasteiger partial charge in [-0.15, -0.1) is 11.8 Å². The first-order valence-corrected chi connectivity index (χ1v) is 9.31. The average Bonchev–Trinajstić information content (AvgIpc) is 2.60. The van der Waals surface area contributed by atoms with E-state index in [0.717, 1.165) is 10.0 Å². The van der Waals surface area contributed by atoms with Crippen LogP contribution >= 0.6 is 27.7 Å². The Balaban J connectivity index is 1.84. The Kier molecular flexibility index (Phi) is 6.87. The van der Waals surface area contributed by atoms with Crippen molar-refractivity contribution in [3.63, 3.8) is 0 Å². The first-order chi connectivity index (χ1) is 11.5. The molecule has 2 aromatic carbocycles. The lowest BCUT2D eigenvalue weighted by Crippen LogP contribution is -2.30. The van der Waals surface area contributed by atoms with E-state index in [1.807, 2.05) is 30.5 Å². The molecule has 0 aliphatic heterocycles. The minimum atomic E-state index is -0.506. The van der Waals surface area contributed by atoms with Gasteiger partial charge in [-0.25, -0.2) is 4.79 Å². The number of nitrogens with zero attached hydrogens (tertiary/aromatic N) is 1. The van der Waals surface area contributed by atoms with Gasteiger partial charge in [0.1, 0.15) is 0 Å². The van der Waals surface area contributed by atoms with Gasteiger partial charge in [0.2, 0.25) is 0 Å². The van der Waals surface area contributed by atoms with Crippen LogP contribution in [0, 0.1) is 0 Å². The highest BCUT2D eigenvalue weighted by atomic mass is 79.9. The van der Waals surface area contributed by atoms with Gasteiger partial charge in [-0.3, -0.25) is 4.79 Å². The van der Waals surface area contributed by atoms with Crippen LogP contribution in [0.4, 0.5) is 0 Å². The maximum absolute atomic E-state index is 12.1. The van der Waals surface area contributed by atoms with E-state index in [4.69, 9.17) is 4.74 Å². The summed E-state index contributed by atoms with van der Waals surface area (Å²) >= 11 is 4.97. The van der Waals surface area contributed by atoms with Crippen molar-refractivity contribution in [2.24, 2.45) is 0 Å². The van der Waals surface area contributed by atoms with Gasteiger partial charge in [-0.1, -0.05) is 28.1 Å². The van der Waals surface area contributed by atoms with Crippen LogP contribution in [0.1, 0.15) is 15.9 Å². The molecular formula is C18H18BrNO3S. The highest BCUT2D eigenvalue weighted by Gasteiger charge is 2.13. The standard InChI is InChI=1S/C18H18BrNO3S/c1-20(11-13-3-9-16(24-2)10-4-13)17(21)12-23-18(22)14-5-7-15(19)8-6-14/h3-10H,11-12H2,1-2H3. The van der Waals surface area contributed by atoms with Gasteiger partial charge in [0, 0.05) is 23.0 Å². The van der Waals surface area contributed by atoms with Gasteiger partial charge in [0.05, 0.1) is 5.56 Å². The summed E-state index contributed by atoms with van der Waals surface area (Å²) < 4.78 is 5.95. The molecular weight excluding hydrogens is 390 g/mol. The van der Waals surface area contributed by atoms with E-state index in [9.17, 15) is 9.59 Å². The summed E-state index contributed by atoms with van der Waals surface area (Å²) in [5.41, 5.74) is 1.45. The smallest absolute Gasteiger partial charge is 0.338 e. The number of thioether (sulfide) groups is 1. The Morgan fingerprint density at radius 1 is 1.08 bits per heavy atom. The lowest BCUT2D eigenvalue weighted by atomic mass is 10.2. The van der Waals surface area contributed by atoms with E-state index in [2.05, 4.69) is 15.9 Å². The summed E-state index contributed by atoms with van der Waals surface area (Å²) in [6.45, 7) is 0.206. The lowest BCUT2D eigenvalue weighted by molar-refractivity contribution is -0.133. The van der Waals surface area contributed by atoms with Gasteiger partial charge >= 0.3 is 5.97 Å². The van der Waals surface area contributed by atoms with Crippen molar-refractivity contribution < 1.29 is 14.3 Å². The number of likely N-dealkylation sites (N-methyl/N-ethyl adjacent to an activating group) is 1. The highest BCUT2D eigenvalue weighted by Crippen LogP contribution is 2.16. The zero-order valence-electron chi connectivity index (χ0n) is 13.5. The third kappa shape index (κ3) is 5.39. The van der Waals surface area contributed by atoms with Gasteiger partial charge in [-0.2, -0.15) is 0 Å². The number of rotatable bonds is 6. The molecule has 1 amide bonds. The SMILES string of the molecule is CSc1ccc(CN(C)C(=O)COC(=O)c2ccc(Br)cc2)cc1. The Labute approximate surface area is 154 Å². The van der Waals surface area contributed by atoms with Crippen molar-refractivity contribution in [1.82, 2.24) is 4.90 Å². The molecule has 0 aromatic heterocycles. The van der Waals surface area contributed by atoms with Gasteiger partial charge in [0.25, 0.3) is 5.91 Å². The molecule has 0 saturated carbocycles. The van der Waals surface area contributed by atoms with Gasteiger partial charge in [-0.05, 0) is 48.2 Å². The number of esters is 1. The second-order valence-corrected chi connectivity index (χ2v) is 6.98. The molecule has 0 spiro atoms. The van der Waals surface area contributed by atoms with Crippen LogP contribution in [-0.4, -0.2) is 36.7 Å². The number of hydrogen-bond acceptors (Lipinski definition) is 4. The molecule has 0 unspecified atom stereocenters. The molecule has 2 rings (SSSR count). The van der Waals surface area contributed by atoms with Crippen LogP contribution in [-0.2, 0) is 16.1 Å². The number of ether oxygens (including phenoxy) is 1. The molecule has 0 radical (unpaired) electrons. The van der Waals surface area contributed by atoms with E-state index in [-0.39, 0.29) is 12.5 Å². The summed E-state index contributed by atoms with van der Waals surface area (Å²) in [7, 11) is 1.69. The molecule has 24 heavy (non-hydrogen) atoms. The largest absolute Gasteiger partial charge is 0.452 e. The van der Waals surface area contributed by atoms with Crippen LogP contribution in [0.15, 0.2) is 57.9 Å². The summed E-state index contributed by atoms with van der Waals surface area (Å²) in [4.78, 5) is 26.7. The molecule has 6 heteroatoms. The first-order valence-electron chi connectivity index (χ1n) is 7.29. The summed E-state index contributed by atoms with van der Waals surface area (Å²) in [5, 5.41) is 0. The third-order valence-electron chi connectivity index (χ3n) is 3.41. The minimum absolute atomic E-state index is 0.241. The fourth-order valence-corrected chi connectivity index (χ4v) is 2.67. The van der Waals surface area contributed by atoms with Crippen LogP contribution in [0.3, 0.4) is 0 Å². The maximum Gasteiger partial charge on any atom is 0.338 e. The topological polar surface area (TPSA) is 46.6 Å². The van der Waals surface area contributed by atoms with E-state index in [0.29, 0.717) is 12.1 Å². The first kappa shape index (κ1) is 18.5. The molecule has 0 fully saturated rings. The molecule has 2 aromatic rings. The number of amides is 1. The van der Waals surface area contributed by atoms with Crippen LogP contribution in [0.25, 0.3) is 0 Å². The molecule has 0 aliphatic rings. The van der Waals surface area contributed by atoms with E-state index < -0.39 is 5.97 Å². The normalized spacial score (nSPS) is 10.3. The number of carbonyl (C=O) groups is 2.